The number of nitrogens with one attached hydrogen (secondary N) is 2. The predicted molar refractivity (Wildman–Crippen MR) is 71.2 cm³/mol. The zero-order chi connectivity index (χ0) is 14.0. The largest absolute Gasteiger partial charge is 0.337 e. The van der Waals surface area contributed by atoms with E-state index in [9.17, 15) is 8.78 Å². The maximum Gasteiger partial charge on any atom is 0.178 e. The predicted octanol–water partition coefficient (Wildman–Crippen LogP) is 3.01. The minimum Gasteiger partial charge on any atom is -0.337 e. The molecule has 0 spiro atoms. The Morgan fingerprint density at radius 3 is 2.47 bits per heavy atom. The first-order valence-corrected chi connectivity index (χ1v) is 5.69. The lowest BCUT2D eigenvalue weighted by Gasteiger charge is -2.12. The zero-order valence-corrected chi connectivity index (χ0v) is 10.6. The molecule has 0 unspecified atom stereocenters. The highest BCUT2D eigenvalue weighted by Gasteiger charge is 2.12. The van der Waals surface area contributed by atoms with Crippen molar-refractivity contribution in [3.63, 3.8) is 0 Å². The van der Waals surface area contributed by atoms with Gasteiger partial charge in [-0.25, -0.2) is 19.6 Å². The number of pyridine rings is 1. The SMILES string of the molecule is Cc1cccc(Nc2nc(NN)c(F)cc2F)c1C. The minimum absolute atomic E-state index is 0.0805. The van der Waals surface area contributed by atoms with Crippen molar-refractivity contribution < 1.29 is 8.78 Å². The maximum absolute atomic E-state index is 13.7. The van der Waals surface area contributed by atoms with Gasteiger partial charge in [0.05, 0.1) is 0 Å². The molecule has 0 amide bonds. The number of hydrogen-bond donors (Lipinski definition) is 3. The number of nitrogen functional groups attached to an aromatic ring is 1. The van der Waals surface area contributed by atoms with Crippen molar-refractivity contribution in [2.45, 2.75) is 13.8 Å². The number of benzene rings is 1. The van der Waals surface area contributed by atoms with Crippen LogP contribution in [0.2, 0.25) is 0 Å². The van der Waals surface area contributed by atoms with Crippen LogP contribution in [0.4, 0.5) is 26.1 Å². The average molecular weight is 264 g/mol. The summed E-state index contributed by atoms with van der Waals surface area (Å²) in [5.74, 6) is 3.20. The molecule has 0 aliphatic carbocycles. The van der Waals surface area contributed by atoms with Gasteiger partial charge in [0.25, 0.3) is 0 Å². The van der Waals surface area contributed by atoms with E-state index in [4.69, 9.17) is 5.84 Å². The van der Waals surface area contributed by atoms with Crippen LogP contribution in [0, 0.1) is 25.5 Å². The Morgan fingerprint density at radius 1 is 1.11 bits per heavy atom. The van der Waals surface area contributed by atoms with Crippen molar-refractivity contribution in [2.24, 2.45) is 5.84 Å². The van der Waals surface area contributed by atoms with Crippen LogP contribution in [0.1, 0.15) is 11.1 Å². The monoisotopic (exact) mass is 264 g/mol. The van der Waals surface area contributed by atoms with Gasteiger partial charge in [0.15, 0.2) is 23.3 Å². The van der Waals surface area contributed by atoms with Gasteiger partial charge in [-0.3, -0.25) is 0 Å². The molecule has 100 valence electrons. The average Bonchev–Trinajstić information content (AvgIpc) is 2.38. The highest BCUT2D eigenvalue weighted by molar-refractivity contribution is 5.63. The fourth-order valence-electron chi connectivity index (χ4n) is 1.67. The van der Waals surface area contributed by atoms with Crippen LogP contribution < -0.4 is 16.6 Å². The Morgan fingerprint density at radius 2 is 1.79 bits per heavy atom. The smallest absolute Gasteiger partial charge is 0.178 e. The summed E-state index contributed by atoms with van der Waals surface area (Å²) in [6.07, 6.45) is 0. The van der Waals surface area contributed by atoms with Crippen molar-refractivity contribution in [1.29, 1.82) is 0 Å². The van der Waals surface area contributed by atoms with E-state index in [0.29, 0.717) is 5.69 Å². The van der Waals surface area contributed by atoms with Crippen molar-refractivity contribution in [3.05, 3.63) is 47.0 Å². The normalized spacial score (nSPS) is 10.4. The molecule has 0 saturated heterocycles. The third-order valence-electron chi connectivity index (χ3n) is 2.92. The van der Waals surface area contributed by atoms with Crippen LogP contribution in [0.3, 0.4) is 0 Å². The Hall–Kier alpha value is -2.21. The molecular weight excluding hydrogens is 250 g/mol. The van der Waals surface area contributed by atoms with Gasteiger partial charge >= 0.3 is 0 Å². The zero-order valence-electron chi connectivity index (χ0n) is 10.6. The Kier molecular flexibility index (Phi) is 3.62. The van der Waals surface area contributed by atoms with Crippen LogP contribution in [0.15, 0.2) is 24.3 Å². The molecular formula is C13H14F2N4. The molecule has 1 heterocycles. The second kappa shape index (κ2) is 5.19. The number of aryl methyl sites for hydroxylation is 1. The first-order chi connectivity index (χ1) is 9.02. The summed E-state index contributed by atoms with van der Waals surface area (Å²) in [6.45, 7) is 3.85. The summed E-state index contributed by atoms with van der Waals surface area (Å²) in [6, 6.07) is 6.31. The van der Waals surface area contributed by atoms with Gasteiger partial charge in [-0.15, -0.1) is 0 Å². The number of rotatable bonds is 3. The molecule has 0 bridgehead atoms. The number of nitrogens with two attached hydrogens (primary N) is 1. The third-order valence-corrected chi connectivity index (χ3v) is 2.92. The number of hydrazine groups is 1. The molecule has 1 aromatic carbocycles. The molecule has 0 aliphatic heterocycles. The van der Waals surface area contributed by atoms with Crippen LogP contribution in [0.25, 0.3) is 0 Å². The summed E-state index contributed by atoms with van der Waals surface area (Å²) < 4.78 is 26.9. The molecule has 19 heavy (non-hydrogen) atoms. The first-order valence-electron chi connectivity index (χ1n) is 5.69. The quantitative estimate of drug-likeness (QED) is 0.589. The van der Waals surface area contributed by atoms with E-state index in [-0.39, 0.29) is 11.6 Å². The fourth-order valence-corrected chi connectivity index (χ4v) is 1.67. The summed E-state index contributed by atoms with van der Waals surface area (Å²) in [4.78, 5) is 3.76. The fraction of sp³-hybridized carbons (Fsp3) is 0.154. The second-order valence-corrected chi connectivity index (χ2v) is 4.17. The first kappa shape index (κ1) is 13.2. The van der Waals surface area contributed by atoms with E-state index in [0.717, 1.165) is 17.2 Å². The van der Waals surface area contributed by atoms with Gasteiger partial charge in [0.2, 0.25) is 0 Å². The minimum atomic E-state index is -0.841. The second-order valence-electron chi connectivity index (χ2n) is 4.17. The van der Waals surface area contributed by atoms with E-state index >= 15 is 0 Å². The number of nitrogens with zero attached hydrogens (tertiary/aromatic N) is 1. The van der Waals surface area contributed by atoms with E-state index in [1.807, 2.05) is 26.0 Å². The lowest BCUT2D eigenvalue weighted by atomic mass is 10.1. The Labute approximate surface area is 109 Å². The van der Waals surface area contributed by atoms with E-state index < -0.39 is 11.6 Å². The molecule has 2 aromatic rings. The number of anilines is 3. The van der Waals surface area contributed by atoms with Gasteiger partial charge in [-0.2, -0.15) is 0 Å². The lowest BCUT2D eigenvalue weighted by Crippen LogP contribution is -2.12. The molecule has 0 aliphatic rings. The third kappa shape index (κ3) is 2.63. The van der Waals surface area contributed by atoms with Crippen molar-refractivity contribution in [2.75, 3.05) is 10.7 Å². The molecule has 0 fully saturated rings. The van der Waals surface area contributed by atoms with Gasteiger partial charge < -0.3 is 10.7 Å². The number of halogens is 2. The number of hydrogen-bond acceptors (Lipinski definition) is 4. The van der Waals surface area contributed by atoms with Crippen molar-refractivity contribution in [3.8, 4) is 0 Å². The van der Waals surface area contributed by atoms with Crippen LogP contribution >= 0.6 is 0 Å². The van der Waals surface area contributed by atoms with Crippen molar-refractivity contribution >= 4 is 17.3 Å². The summed E-state index contributed by atoms with van der Waals surface area (Å²) in [7, 11) is 0. The van der Waals surface area contributed by atoms with Gasteiger partial charge in [0, 0.05) is 11.8 Å². The van der Waals surface area contributed by atoms with Crippen LogP contribution in [-0.2, 0) is 0 Å². The molecule has 6 heteroatoms. The molecule has 1 aromatic heterocycles. The van der Waals surface area contributed by atoms with Gasteiger partial charge in [0.1, 0.15) is 0 Å². The van der Waals surface area contributed by atoms with Gasteiger partial charge in [-0.05, 0) is 31.0 Å². The standard InChI is InChI=1S/C13H14F2N4/c1-7-4-3-5-11(8(7)2)17-12-9(14)6-10(15)13(18-12)19-16/h3-6H,16H2,1-2H3,(H2,17,18,19). The molecule has 2 rings (SSSR count). The topological polar surface area (TPSA) is 63.0 Å². The Bertz CT molecular complexity index is 614. The summed E-state index contributed by atoms with van der Waals surface area (Å²) in [5.41, 5.74) is 4.82. The molecule has 0 saturated carbocycles. The van der Waals surface area contributed by atoms with Crippen molar-refractivity contribution in [1.82, 2.24) is 4.98 Å². The lowest BCUT2D eigenvalue weighted by molar-refractivity contribution is 0.579. The summed E-state index contributed by atoms with van der Waals surface area (Å²) in [5, 5.41) is 2.83. The molecule has 0 radical (unpaired) electrons. The van der Waals surface area contributed by atoms with Crippen LogP contribution in [-0.4, -0.2) is 4.98 Å². The van der Waals surface area contributed by atoms with Crippen LogP contribution in [0.5, 0.6) is 0 Å². The molecule has 0 atom stereocenters. The highest BCUT2D eigenvalue weighted by Crippen LogP contribution is 2.25. The summed E-state index contributed by atoms with van der Waals surface area (Å²) >= 11 is 0. The van der Waals surface area contributed by atoms with E-state index in [1.54, 1.807) is 6.07 Å². The molecule has 4 nitrogen and oxygen atoms in total. The van der Waals surface area contributed by atoms with Gasteiger partial charge in [-0.1, -0.05) is 12.1 Å². The maximum atomic E-state index is 13.7. The Balaban J connectivity index is 2.41. The van der Waals surface area contributed by atoms with E-state index in [1.165, 1.54) is 0 Å². The molecule has 4 N–H and O–H groups in total. The number of aromatic nitrogens is 1. The van der Waals surface area contributed by atoms with E-state index in [2.05, 4.69) is 15.7 Å². The highest BCUT2D eigenvalue weighted by atomic mass is 19.1.